The fourth-order valence-electron chi connectivity index (χ4n) is 2.72. The van der Waals surface area contributed by atoms with Crippen molar-refractivity contribution < 1.29 is 4.74 Å². The molecule has 0 fully saturated rings. The van der Waals surface area contributed by atoms with E-state index in [1.54, 1.807) is 29.1 Å². The Bertz CT molecular complexity index is 1070. The molecule has 0 radical (unpaired) electrons. The lowest BCUT2D eigenvalue weighted by Crippen LogP contribution is -1.96. The lowest BCUT2D eigenvalue weighted by molar-refractivity contribution is 0.309. The van der Waals surface area contributed by atoms with Gasteiger partial charge < -0.3 is 4.74 Å². The first-order chi connectivity index (χ1) is 14.1. The van der Waals surface area contributed by atoms with Gasteiger partial charge in [0.1, 0.15) is 5.75 Å². The van der Waals surface area contributed by atoms with Gasteiger partial charge in [-0.2, -0.15) is 5.10 Å². The molecular weight excluding hydrogens is 384 g/mol. The Hall–Kier alpha value is -3.54. The normalized spacial score (nSPS) is 11.0. The summed E-state index contributed by atoms with van der Waals surface area (Å²) in [5, 5.41) is 14.5. The van der Waals surface area contributed by atoms with Crippen LogP contribution in [0, 0.1) is 17.9 Å². The highest BCUT2D eigenvalue weighted by Crippen LogP contribution is 2.28. The topological polar surface area (TPSA) is 55.2 Å². The van der Waals surface area contributed by atoms with E-state index in [-0.39, 0.29) is 5.70 Å². The number of allylic oxidation sites excluding steroid dienone is 1. The zero-order valence-corrected chi connectivity index (χ0v) is 16.7. The number of ether oxygens (including phenoxy) is 1. The predicted octanol–water partition coefficient (Wildman–Crippen LogP) is 6.16. The molecule has 0 unspecified atom stereocenters. The summed E-state index contributed by atoms with van der Waals surface area (Å²) >= 11 is 5.98. The highest BCUT2D eigenvalue weighted by molar-refractivity contribution is 6.30. The maximum atomic E-state index is 9.15. The molecule has 5 nitrogen and oxygen atoms in total. The second-order valence-corrected chi connectivity index (χ2v) is 6.77. The summed E-state index contributed by atoms with van der Waals surface area (Å²) in [4.78, 5) is 3.26. The minimum absolute atomic E-state index is 0.00132. The zero-order valence-electron chi connectivity index (χ0n) is 16.0. The van der Waals surface area contributed by atoms with Crippen LogP contribution in [0.5, 0.6) is 5.75 Å². The highest BCUT2D eigenvalue weighted by Gasteiger charge is 2.12. The van der Waals surface area contributed by atoms with E-state index >= 15 is 0 Å². The van der Waals surface area contributed by atoms with Gasteiger partial charge in [-0.05, 0) is 61.0 Å². The van der Waals surface area contributed by atoms with E-state index in [1.807, 2.05) is 42.5 Å². The summed E-state index contributed by atoms with van der Waals surface area (Å²) in [5.41, 5.74) is 3.07. The maximum absolute atomic E-state index is 9.15. The molecule has 0 saturated heterocycles. The van der Waals surface area contributed by atoms with Crippen molar-refractivity contribution in [3.05, 3.63) is 82.4 Å². The van der Waals surface area contributed by atoms with Gasteiger partial charge in [0.2, 0.25) is 0 Å². The number of hydrogen-bond donors (Lipinski definition) is 0. The SMILES string of the molecule is [C-]#[N+]/C(C#N)=C/c1cn(-c2ccc(Cl)cc2)nc1-c1ccc(OCCCC)cc1. The summed E-state index contributed by atoms with van der Waals surface area (Å²) in [5.74, 6) is 0.801. The van der Waals surface area contributed by atoms with Gasteiger partial charge in [0, 0.05) is 22.3 Å². The third-order valence-corrected chi connectivity index (χ3v) is 4.51. The predicted molar refractivity (Wildman–Crippen MR) is 115 cm³/mol. The molecule has 0 atom stereocenters. The monoisotopic (exact) mass is 402 g/mol. The van der Waals surface area contributed by atoms with Crippen LogP contribution < -0.4 is 4.74 Å². The highest BCUT2D eigenvalue weighted by atomic mass is 35.5. The quantitative estimate of drug-likeness (QED) is 0.270. The van der Waals surface area contributed by atoms with Gasteiger partial charge in [0.15, 0.2) is 0 Å². The number of unbranched alkanes of at least 4 members (excludes halogenated alkanes) is 1. The van der Waals surface area contributed by atoms with Gasteiger partial charge in [-0.3, -0.25) is 0 Å². The van der Waals surface area contributed by atoms with E-state index in [0.29, 0.717) is 22.9 Å². The van der Waals surface area contributed by atoms with E-state index in [9.17, 15) is 0 Å². The van der Waals surface area contributed by atoms with Crippen molar-refractivity contribution >= 4 is 17.7 Å². The van der Waals surface area contributed by atoms with Crippen LogP contribution in [-0.2, 0) is 0 Å². The lowest BCUT2D eigenvalue weighted by Gasteiger charge is -2.06. The second kappa shape index (κ2) is 9.59. The largest absolute Gasteiger partial charge is 0.494 e. The number of halogens is 1. The molecule has 0 bridgehead atoms. The van der Waals surface area contributed by atoms with Crippen LogP contribution in [0.1, 0.15) is 25.3 Å². The molecule has 0 amide bonds. The molecule has 144 valence electrons. The first kappa shape index (κ1) is 20.2. The Labute approximate surface area is 175 Å². The van der Waals surface area contributed by atoms with E-state index < -0.39 is 0 Å². The van der Waals surface area contributed by atoms with Gasteiger partial charge >= 0.3 is 0 Å². The van der Waals surface area contributed by atoms with Gasteiger partial charge in [-0.1, -0.05) is 24.9 Å². The van der Waals surface area contributed by atoms with Crippen LogP contribution in [0.25, 0.3) is 27.9 Å². The van der Waals surface area contributed by atoms with Crippen LogP contribution in [-0.4, -0.2) is 16.4 Å². The molecule has 1 heterocycles. The minimum atomic E-state index is 0.00132. The number of aromatic nitrogens is 2. The maximum Gasteiger partial charge on any atom is 0.262 e. The molecule has 3 aromatic rings. The van der Waals surface area contributed by atoms with Crippen molar-refractivity contribution in [1.82, 2.24) is 9.78 Å². The summed E-state index contributed by atoms with van der Waals surface area (Å²) < 4.78 is 7.43. The first-order valence-corrected chi connectivity index (χ1v) is 9.60. The third-order valence-electron chi connectivity index (χ3n) is 4.26. The molecule has 0 aliphatic carbocycles. The molecule has 6 heteroatoms. The molecule has 0 saturated carbocycles. The van der Waals surface area contributed by atoms with Crippen LogP contribution in [0.3, 0.4) is 0 Å². The Morgan fingerprint density at radius 2 is 1.97 bits per heavy atom. The summed E-state index contributed by atoms with van der Waals surface area (Å²) in [6.45, 7) is 9.97. The second-order valence-electron chi connectivity index (χ2n) is 6.33. The number of benzene rings is 2. The minimum Gasteiger partial charge on any atom is -0.494 e. The van der Waals surface area contributed by atoms with Crippen LogP contribution in [0.4, 0.5) is 0 Å². The third kappa shape index (κ3) is 5.04. The lowest BCUT2D eigenvalue weighted by atomic mass is 10.1. The van der Waals surface area contributed by atoms with Crippen molar-refractivity contribution in [2.24, 2.45) is 0 Å². The smallest absolute Gasteiger partial charge is 0.262 e. The van der Waals surface area contributed by atoms with Crippen LogP contribution in [0.2, 0.25) is 5.02 Å². The fourth-order valence-corrected chi connectivity index (χ4v) is 2.85. The Balaban J connectivity index is 2.00. The van der Waals surface area contributed by atoms with E-state index in [4.69, 9.17) is 28.2 Å². The molecule has 0 aliphatic heterocycles. The number of rotatable bonds is 7. The summed E-state index contributed by atoms with van der Waals surface area (Å²) in [6, 6.07) is 16.9. The molecular formula is C23H19ClN4O. The van der Waals surface area contributed by atoms with Crippen molar-refractivity contribution in [3.63, 3.8) is 0 Å². The fraction of sp³-hybridized carbons (Fsp3) is 0.174. The molecule has 1 aromatic heterocycles. The van der Waals surface area contributed by atoms with Gasteiger partial charge in [-0.25, -0.2) is 14.8 Å². The number of hydrogen-bond acceptors (Lipinski definition) is 3. The Morgan fingerprint density at radius 1 is 1.24 bits per heavy atom. The van der Waals surface area contributed by atoms with E-state index in [1.165, 1.54) is 0 Å². The molecule has 0 aliphatic rings. The Kier molecular flexibility index (Phi) is 6.68. The van der Waals surface area contributed by atoms with Crippen molar-refractivity contribution in [2.75, 3.05) is 6.61 Å². The molecule has 29 heavy (non-hydrogen) atoms. The van der Waals surface area contributed by atoms with Crippen molar-refractivity contribution in [1.29, 1.82) is 5.26 Å². The number of nitriles is 1. The van der Waals surface area contributed by atoms with E-state index in [0.717, 1.165) is 29.8 Å². The first-order valence-electron chi connectivity index (χ1n) is 9.22. The summed E-state index contributed by atoms with van der Waals surface area (Å²) in [6.07, 6.45) is 5.44. The van der Waals surface area contributed by atoms with Crippen molar-refractivity contribution in [3.8, 4) is 28.8 Å². The van der Waals surface area contributed by atoms with Crippen LogP contribution >= 0.6 is 11.6 Å². The summed E-state index contributed by atoms with van der Waals surface area (Å²) in [7, 11) is 0. The van der Waals surface area contributed by atoms with Gasteiger partial charge in [0.05, 0.1) is 30.6 Å². The molecule has 0 N–H and O–H groups in total. The standard InChI is InChI=1S/C23H19ClN4O/c1-3-4-13-29-22-11-5-17(6-12-22)23-18(14-20(15-25)26-2)16-28(27-23)21-9-7-19(24)8-10-21/h5-12,14,16H,3-4,13H2,1H3/b20-14+. The van der Waals surface area contributed by atoms with Crippen molar-refractivity contribution in [2.45, 2.75) is 19.8 Å². The van der Waals surface area contributed by atoms with E-state index in [2.05, 4.69) is 16.9 Å². The average molecular weight is 403 g/mol. The van der Waals surface area contributed by atoms with Gasteiger partial charge in [0.25, 0.3) is 5.70 Å². The average Bonchev–Trinajstić information content (AvgIpc) is 3.17. The molecule has 3 rings (SSSR count). The Morgan fingerprint density at radius 3 is 2.59 bits per heavy atom. The van der Waals surface area contributed by atoms with Crippen LogP contribution in [0.15, 0.2) is 60.4 Å². The zero-order chi connectivity index (χ0) is 20.6. The van der Waals surface area contributed by atoms with Gasteiger partial charge in [-0.15, -0.1) is 0 Å². The number of nitrogens with zero attached hydrogens (tertiary/aromatic N) is 4. The molecule has 0 spiro atoms. The molecule has 2 aromatic carbocycles.